The van der Waals surface area contributed by atoms with Crippen molar-refractivity contribution in [2.24, 2.45) is 0 Å². The van der Waals surface area contributed by atoms with Crippen molar-refractivity contribution in [1.82, 2.24) is 14.6 Å². The highest BCUT2D eigenvalue weighted by Gasteiger charge is 2.31. The molecule has 0 aliphatic carbocycles. The predicted octanol–water partition coefficient (Wildman–Crippen LogP) is 3.23. The van der Waals surface area contributed by atoms with E-state index in [4.69, 9.17) is 16.3 Å². The van der Waals surface area contributed by atoms with Crippen molar-refractivity contribution in [3.8, 4) is 5.75 Å². The van der Waals surface area contributed by atoms with Gasteiger partial charge in [-0.25, -0.2) is 13.1 Å². The lowest BCUT2D eigenvalue weighted by atomic mass is 10.1. The molecule has 2 amide bonds. The minimum absolute atomic E-state index is 0.0575. The van der Waals surface area contributed by atoms with Gasteiger partial charge in [-0.3, -0.25) is 9.59 Å². The number of hydrogen-bond donors (Lipinski definition) is 3. The standard InChI is InChI=1S/C22H29ClN4O5S/c1-14-20(22(29)27-11-5-4-6-12-27)21(15(2)25-14)33(30,31)24-10-9-19(28)26-16-7-8-18(32-3)17(23)13-16/h7-8,13,24-25H,4-6,9-12H2,1-3H3,(H,26,28). The van der Waals surface area contributed by atoms with E-state index in [2.05, 4.69) is 15.0 Å². The summed E-state index contributed by atoms with van der Waals surface area (Å²) < 4.78 is 33.7. The second-order valence-electron chi connectivity index (χ2n) is 7.98. The Morgan fingerprint density at radius 1 is 1.15 bits per heavy atom. The van der Waals surface area contributed by atoms with Gasteiger partial charge in [0.2, 0.25) is 15.9 Å². The van der Waals surface area contributed by atoms with E-state index in [0.29, 0.717) is 40.9 Å². The van der Waals surface area contributed by atoms with Crippen LogP contribution >= 0.6 is 11.6 Å². The second-order valence-corrected chi connectivity index (χ2v) is 10.1. The van der Waals surface area contributed by atoms with Crippen molar-refractivity contribution < 1.29 is 22.7 Å². The average Bonchev–Trinajstić information content (AvgIpc) is 3.08. The van der Waals surface area contributed by atoms with E-state index in [1.54, 1.807) is 36.9 Å². The summed E-state index contributed by atoms with van der Waals surface area (Å²) in [6.07, 6.45) is 2.78. The zero-order chi connectivity index (χ0) is 24.2. The maximum Gasteiger partial charge on any atom is 0.257 e. The molecule has 0 radical (unpaired) electrons. The highest BCUT2D eigenvalue weighted by atomic mass is 35.5. The molecule has 0 atom stereocenters. The number of hydrogen-bond acceptors (Lipinski definition) is 5. The van der Waals surface area contributed by atoms with Crippen LogP contribution in [0, 0.1) is 13.8 Å². The number of anilines is 1. The molecule has 1 saturated heterocycles. The number of benzene rings is 1. The Kier molecular flexibility index (Phi) is 8.04. The number of piperidine rings is 1. The molecule has 11 heteroatoms. The van der Waals surface area contributed by atoms with Crippen LogP contribution in [0.3, 0.4) is 0 Å². The Morgan fingerprint density at radius 2 is 1.85 bits per heavy atom. The predicted molar refractivity (Wildman–Crippen MR) is 126 cm³/mol. The number of amides is 2. The summed E-state index contributed by atoms with van der Waals surface area (Å²) in [5.74, 6) is -0.189. The van der Waals surface area contributed by atoms with Gasteiger partial charge in [0.15, 0.2) is 0 Å². The number of aromatic nitrogens is 1. The monoisotopic (exact) mass is 496 g/mol. The van der Waals surface area contributed by atoms with Crippen molar-refractivity contribution >= 4 is 39.1 Å². The van der Waals surface area contributed by atoms with Crippen molar-refractivity contribution in [2.45, 2.75) is 44.4 Å². The molecule has 1 fully saturated rings. The zero-order valence-electron chi connectivity index (χ0n) is 19.0. The van der Waals surface area contributed by atoms with Crippen LogP contribution in [0.25, 0.3) is 0 Å². The first-order valence-electron chi connectivity index (χ1n) is 10.8. The Morgan fingerprint density at radius 3 is 2.48 bits per heavy atom. The van der Waals surface area contributed by atoms with Gasteiger partial charge in [-0.2, -0.15) is 0 Å². The van der Waals surface area contributed by atoms with Crippen molar-refractivity contribution in [2.75, 3.05) is 32.1 Å². The summed E-state index contributed by atoms with van der Waals surface area (Å²) in [5, 5.41) is 3.01. The lowest BCUT2D eigenvalue weighted by molar-refractivity contribution is -0.116. The molecule has 0 bridgehead atoms. The zero-order valence-corrected chi connectivity index (χ0v) is 20.5. The Hall–Kier alpha value is -2.56. The summed E-state index contributed by atoms with van der Waals surface area (Å²) in [7, 11) is -2.52. The van der Waals surface area contributed by atoms with Gasteiger partial charge in [0, 0.05) is 43.1 Å². The molecule has 33 heavy (non-hydrogen) atoms. The number of ether oxygens (including phenoxy) is 1. The highest BCUT2D eigenvalue weighted by Crippen LogP contribution is 2.28. The quantitative estimate of drug-likeness (QED) is 0.518. The number of rotatable bonds is 8. The van der Waals surface area contributed by atoms with Gasteiger partial charge in [0.25, 0.3) is 5.91 Å². The van der Waals surface area contributed by atoms with Gasteiger partial charge in [-0.15, -0.1) is 0 Å². The van der Waals surface area contributed by atoms with E-state index in [-0.39, 0.29) is 35.2 Å². The largest absolute Gasteiger partial charge is 0.495 e. The number of methoxy groups -OCH3 is 1. The van der Waals surface area contributed by atoms with Gasteiger partial charge in [-0.1, -0.05) is 11.6 Å². The van der Waals surface area contributed by atoms with Crippen molar-refractivity contribution in [1.29, 1.82) is 0 Å². The van der Waals surface area contributed by atoms with E-state index in [1.807, 2.05) is 0 Å². The number of aryl methyl sites for hydroxylation is 2. The fourth-order valence-corrected chi connectivity index (χ4v) is 5.68. The minimum atomic E-state index is -4.02. The van der Waals surface area contributed by atoms with Crippen molar-refractivity contribution in [3.63, 3.8) is 0 Å². The smallest absolute Gasteiger partial charge is 0.257 e. The van der Waals surface area contributed by atoms with Crippen LogP contribution in [0.2, 0.25) is 5.02 Å². The van der Waals surface area contributed by atoms with E-state index in [0.717, 1.165) is 19.3 Å². The van der Waals surface area contributed by atoms with Gasteiger partial charge in [0.05, 0.1) is 17.7 Å². The molecule has 3 N–H and O–H groups in total. The SMILES string of the molecule is COc1ccc(NC(=O)CCNS(=O)(=O)c2c(C)[nH]c(C)c2C(=O)N2CCCCC2)cc1Cl. The fraction of sp³-hybridized carbons (Fsp3) is 0.455. The van der Waals surface area contributed by atoms with Gasteiger partial charge in [-0.05, 0) is 51.3 Å². The summed E-state index contributed by atoms with van der Waals surface area (Å²) in [5.41, 5.74) is 1.54. The molecule has 9 nitrogen and oxygen atoms in total. The third-order valence-corrected chi connectivity index (χ3v) is 7.45. The molecule has 2 heterocycles. The molecular formula is C22H29ClN4O5S. The molecule has 2 aromatic rings. The number of aromatic amines is 1. The molecule has 0 unspecified atom stereocenters. The second kappa shape index (κ2) is 10.6. The number of H-pyrrole nitrogens is 1. The van der Waals surface area contributed by atoms with Crippen LogP contribution in [0.1, 0.15) is 47.4 Å². The first-order chi connectivity index (χ1) is 15.6. The van der Waals surface area contributed by atoms with Gasteiger partial charge in [0.1, 0.15) is 10.6 Å². The lowest BCUT2D eigenvalue weighted by Gasteiger charge is -2.27. The van der Waals surface area contributed by atoms with E-state index < -0.39 is 10.0 Å². The molecule has 1 aliphatic rings. The number of halogens is 1. The molecule has 0 saturated carbocycles. The van der Waals surface area contributed by atoms with E-state index in [1.165, 1.54) is 7.11 Å². The fourth-order valence-electron chi connectivity index (χ4n) is 3.95. The first-order valence-corrected chi connectivity index (χ1v) is 12.6. The molecule has 0 spiro atoms. The molecule has 1 aromatic heterocycles. The number of nitrogens with zero attached hydrogens (tertiary/aromatic N) is 1. The van der Waals surface area contributed by atoms with Crippen LogP contribution in [0.5, 0.6) is 5.75 Å². The average molecular weight is 497 g/mol. The number of nitrogens with one attached hydrogen (secondary N) is 3. The van der Waals surface area contributed by atoms with Crippen molar-refractivity contribution in [3.05, 3.63) is 40.2 Å². The number of carbonyl (C=O) groups is 2. The molecule has 180 valence electrons. The maximum atomic E-state index is 13.1. The maximum absolute atomic E-state index is 13.1. The van der Waals surface area contributed by atoms with Crippen LogP contribution in [0.4, 0.5) is 5.69 Å². The summed E-state index contributed by atoms with van der Waals surface area (Å²) >= 11 is 6.06. The normalized spacial score (nSPS) is 14.2. The van der Waals surface area contributed by atoms with Crippen LogP contribution in [0.15, 0.2) is 23.1 Å². The lowest BCUT2D eigenvalue weighted by Crippen LogP contribution is -2.37. The summed E-state index contributed by atoms with van der Waals surface area (Å²) in [6, 6.07) is 4.81. The molecule has 1 aromatic carbocycles. The third kappa shape index (κ3) is 5.87. The van der Waals surface area contributed by atoms with E-state index in [9.17, 15) is 18.0 Å². The van der Waals surface area contributed by atoms with Crippen LogP contribution < -0.4 is 14.8 Å². The Labute approximate surface area is 198 Å². The van der Waals surface area contributed by atoms with Gasteiger partial charge < -0.3 is 19.9 Å². The van der Waals surface area contributed by atoms with Crippen LogP contribution in [-0.4, -0.2) is 56.9 Å². The Bertz CT molecular complexity index is 1140. The number of sulfonamides is 1. The Balaban J connectivity index is 1.66. The van der Waals surface area contributed by atoms with Crippen LogP contribution in [-0.2, 0) is 14.8 Å². The van der Waals surface area contributed by atoms with Gasteiger partial charge >= 0.3 is 0 Å². The molecular weight excluding hydrogens is 468 g/mol. The van der Waals surface area contributed by atoms with E-state index >= 15 is 0 Å². The minimum Gasteiger partial charge on any atom is -0.495 e. The topological polar surface area (TPSA) is 121 Å². The number of likely N-dealkylation sites (tertiary alicyclic amines) is 1. The summed E-state index contributed by atoms with van der Waals surface area (Å²) in [6.45, 7) is 4.42. The summed E-state index contributed by atoms with van der Waals surface area (Å²) in [4.78, 5) is 30.0. The molecule has 1 aliphatic heterocycles. The molecule has 3 rings (SSSR count). The third-order valence-electron chi connectivity index (χ3n) is 5.52. The highest BCUT2D eigenvalue weighted by molar-refractivity contribution is 7.89. The first kappa shape index (κ1) is 25.1. The number of carbonyl (C=O) groups excluding carboxylic acids is 2.